The van der Waals surface area contributed by atoms with Crippen LogP contribution in [0.1, 0.15) is 11.1 Å². The molecule has 0 atom stereocenters. The summed E-state index contributed by atoms with van der Waals surface area (Å²) >= 11 is 0. The van der Waals surface area contributed by atoms with Gasteiger partial charge in [0, 0.05) is 19.3 Å². The first-order chi connectivity index (χ1) is 11.2. The summed E-state index contributed by atoms with van der Waals surface area (Å²) in [7, 11) is -3.66. The molecule has 0 saturated carbocycles. The third-order valence-corrected chi connectivity index (χ3v) is 5.17. The Kier molecular flexibility index (Phi) is 4.55. The highest BCUT2D eigenvalue weighted by Crippen LogP contribution is 2.19. The lowest BCUT2D eigenvalue weighted by Gasteiger charge is -2.21. The molecule has 2 aromatic carbocycles. The van der Waals surface area contributed by atoms with Gasteiger partial charge in [-0.3, -0.25) is 0 Å². The fraction of sp³-hybridized carbons (Fsp3) is 0.118. The first kappa shape index (κ1) is 15.5. The zero-order chi connectivity index (χ0) is 16.1. The van der Waals surface area contributed by atoms with Crippen molar-refractivity contribution in [3.05, 3.63) is 84.3 Å². The third-order valence-electron chi connectivity index (χ3n) is 3.48. The molecule has 0 unspecified atom stereocenters. The minimum absolute atomic E-state index is 0.0318. The molecule has 1 heterocycles. The van der Waals surface area contributed by atoms with Gasteiger partial charge in [0.1, 0.15) is 0 Å². The van der Waals surface area contributed by atoms with E-state index in [1.807, 2.05) is 60.7 Å². The number of hydrogen-bond acceptors (Lipinski definition) is 3. The third kappa shape index (κ3) is 3.67. The molecule has 118 valence electrons. The molecule has 3 rings (SSSR count). The Morgan fingerprint density at radius 1 is 0.870 bits per heavy atom. The molecule has 5 nitrogen and oxygen atoms in total. The summed E-state index contributed by atoms with van der Waals surface area (Å²) in [5.41, 5.74) is 1.87. The van der Waals surface area contributed by atoms with Crippen LogP contribution in [-0.2, 0) is 23.1 Å². The second kappa shape index (κ2) is 6.76. The maximum Gasteiger partial charge on any atom is 0.262 e. The van der Waals surface area contributed by atoms with Crippen molar-refractivity contribution in [3.8, 4) is 0 Å². The van der Waals surface area contributed by atoms with Crippen molar-refractivity contribution in [1.29, 1.82) is 0 Å². The van der Waals surface area contributed by atoms with Gasteiger partial charge in [0.25, 0.3) is 10.0 Å². The molecule has 23 heavy (non-hydrogen) atoms. The molecule has 0 fully saturated rings. The Morgan fingerprint density at radius 3 is 1.83 bits per heavy atom. The van der Waals surface area contributed by atoms with E-state index in [0.29, 0.717) is 13.1 Å². The highest BCUT2D eigenvalue weighted by Gasteiger charge is 2.26. The van der Waals surface area contributed by atoms with Gasteiger partial charge in [-0.25, -0.2) is 13.4 Å². The smallest absolute Gasteiger partial charge is 0.262 e. The normalized spacial score (nSPS) is 11.7. The SMILES string of the molecule is O=S(=O)(c1c[nH]cn1)N(Cc1ccccc1)Cc1ccccc1. The quantitative estimate of drug-likeness (QED) is 0.757. The second-order valence-electron chi connectivity index (χ2n) is 5.15. The first-order valence-corrected chi connectivity index (χ1v) is 8.67. The average molecular weight is 327 g/mol. The number of aromatic amines is 1. The van der Waals surface area contributed by atoms with E-state index in [2.05, 4.69) is 9.97 Å². The van der Waals surface area contributed by atoms with Gasteiger partial charge in [-0.2, -0.15) is 4.31 Å². The van der Waals surface area contributed by atoms with Crippen molar-refractivity contribution in [1.82, 2.24) is 14.3 Å². The lowest BCUT2D eigenvalue weighted by molar-refractivity contribution is 0.399. The van der Waals surface area contributed by atoms with E-state index in [4.69, 9.17) is 0 Å². The molecule has 0 aliphatic rings. The van der Waals surface area contributed by atoms with E-state index in [1.165, 1.54) is 16.8 Å². The fourth-order valence-corrected chi connectivity index (χ4v) is 3.63. The molecule has 1 N–H and O–H groups in total. The number of aromatic nitrogens is 2. The van der Waals surface area contributed by atoms with E-state index in [9.17, 15) is 8.42 Å². The summed E-state index contributed by atoms with van der Waals surface area (Å²) in [6.45, 7) is 0.593. The van der Waals surface area contributed by atoms with Gasteiger partial charge < -0.3 is 4.98 Å². The summed E-state index contributed by atoms with van der Waals surface area (Å²) < 4.78 is 27.1. The number of imidazole rings is 1. The molecule has 0 spiro atoms. The Hall–Kier alpha value is -2.44. The molecule has 0 bridgehead atoms. The molecular weight excluding hydrogens is 310 g/mol. The Balaban J connectivity index is 1.93. The summed E-state index contributed by atoms with van der Waals surface area (Å²) in [4.78, 5) is 6.61. The minimum atomic E-state index is -3.66. The predicted octanol–water partition coefficient (Wildman–Crippen LogP) is 2.80. The lowest BCUT2D eigenvalue weighted by atomic mass is 10.2. The van der Waals surface area contributed by atoms with Gasteiger partial charge in [0.2, 0.25) is 0 Å². The van der Waals surface area contributed by atoms with Gasteiger partial charge in [-0.1, -0.05) is 60.7 Å². The molecule has 0 saturated heterocycles. The van der Waals surface area contributed by atoms with E-state index in [1.54, 1.807) is 0 Å². The first-order valence-electron chi connectivity index (χ1n) is 7.23. The van der Waals surface area contributed by atoms with Gasteiger partial charge in [0.05, 0.1) is 6.33 Å². The fourth-order valence-electron chi connectivity index (χ4n) is 2.32. The average Bonchev–Trinajstić information content (AvgIpc) is 3.11. The number of rotatable bonds is 6. The lowest BCUT2D eigenvalue weighted by Crippen LogP contribution is -2.30. The monoisotopic (exact) mass is 327 g/mol. The van der Waals surface area contributed by atoms with Crippen LogP contribution in [-0.4, -0.2) is 22.7 Å². The zero-order valence-electron chi connectivity index (χ0n) is 12.5. The Morgan fingerprint density at radius 2 is 1.39 bits per heavy atom. The van der Waals surface area contributed by atoms with Crippen LogP contribution in [0.15, 0.2) is 78.2 Å². The highest BCUT2D eigenvalue weighted by molar-refractivity contribution is 7.89. The summed E-state index contributed by atoms with van der Waals surface area (Å²) in [6, 6.07) is 19.1. The van der Waals surface area contributed by atoms with Crippen LogP contribution < -0.4 is 0 Å². The Bertz CT molecular complexity index is 791. The summed E-state index contributed by atoms with van der Waals surface area (Å²) in [6.07, 6.45) is 2.77. The molecular formula is C17H17N3O2S. The van der Waals surface area contributed by atoms with Gasteiger partial charge in [0.15, 0.2) is 5.03 Å². The molecule has 0 radical (unpaired) electrons. The van der Waals surface area contributed by atoms with Crippen molar-refractivity contribution in [3.63, 3.8) is 0 Å². The highest BCUT2D eigenvalue weighted by atomic mass is 32.2. The molecule has 6 heteroatoms. The zero-order valence-corrected chi connectivity index (χ0v) is 13.3. The van der Waals surface area contributed by atoms with Crippen LogP contribution in [0.4, 0.5) is 0 Å². The van der Waals surface area contributed by atoms with Crippen LogP contribution in [0.3, 0.4) is 0 Å². The summed E-state index contributed by atoms with van der Waals surface area (Å²) in [5.74, 6) is 0. The number of H-pyrrole nitrogens is 1. The van der Waals surface area contributed by atoms with Crippen LogP contribution in [0.25, 0.3) is 0 Å². The van der Waals surface area contributed by atoms with E-state index in [0.717, 1.165) is 11.1 Å². The van der Waals surface area contributed by atoms with Crippen LogP contribution in [0.5, 0.6) is 0 Å². The van der Waals surface area contributed by atoms with Gasteiger partial charge in [-0.05, 0) is 11.1 Å². The minimum Gasteiger partial charge on any atom is -0.350 e. The van der Waals surface area contributed by atoms with Crippen molar-refractivity contribution in [2.24, 2.45) is 0 Å². The van der Waals surface area contributed by atoms with E-state index in [-0.39, 0.29) is 5.03 Å². The van der Waals surface area contributed by atoms with Crippen molar-refractivity contribution < 1.29 is 8.42 Å². The van der Waals surface area contributed by atoms with Crippen molar-refractivity contribution >= 4 is 10.0 Å². The molecule has 0 aliphatic carbocycles. The Labute approximate surface area is 135 Å². The van der Waals surface area contributed by atoms with Crippen molar-refractivity contribution in [2.45, 2.75) is 18.1 Å². The standard InChI is InChI=1S/C17H17N3O2S/c21-23(22,17-11-18-14-19-17)20(12-15-7-3-1-4-8-15)13-16-9-5-2-6-10-16/h1-11,14H,12-13H2,(H,18,19). The molecule has 3 aromatic rings. The number of nitrogens with one attached hydrogen (secondary N) is 1. The topological polar surface area (TPSA) is 66.1 Å². The molecule has 0 amide bonds. The van der Waals surface area contributed by atoms with Crippen LogP contribution >= 0.6 is 0 Å². The van der Waals surface area contributed by atoms with E-state index >= 15 is 0 Å². The number of sulfonamides is 1. The van der Waals surface area contributed by atoms with Crippen LogP contribution in [0, 0.1) is 0 Å². The molecule has 1 aromatic heterocycles. The number of nitrogens with zero attached hydrogens (tertiary/aromatic N) is 2. The van der Waals surface area contributed by atoms with Crippen molar-refractivity contribution in [2.75, 3.05) is 0 Å². The second-order valence-corrected chi connectivity index (χ2v) is 7.04. The van der Waals surface area contributed by atoms with Gasteiger partial charge >= 0.3 is 0 Å². The van der Waals surface area contributed by atoms with Gasteiger partial charge in [-0.15, -0.1) is 0 Å². The molecule has 0 aliphatic heterocycles. The predicted molar refractivity (Wildman–Crippen MR) is 87.9 cm³/mol. The maximum atomic E-state index is 12.8. The van der Waals surface area contributed by atoms with Crippen LogP contribution in [0.2, 0.25) is 0 Å². The number of hydrogen-bond donors (Lipinski definition) is 1. The largest absolute Gasteiger partial charge is 0.350 e. The summed E-state index contributed by atoms with van der Waals surface area (Å²) in [5, 5.41) is 0.0318. The number of benzene rings is 2. The van der Waals surface area contributed by atoms with E-state index < -0.39 is 10.0 Å². The maximum absolute atomic E-state index is 12.8.